The third-order valence-electron chi connectivity index (χ3n) is 6.54. The lowest BCUT2D eigenvalue weighted by molar-refractivity contribution is -0.131. The highest BCUT2D eigenvalue weighted by Gasteiger charge is 2.55. The summed E-state index contributed by atoms with van der Waals surface area (Å²) in [5.74, 6) is -1.11. The molecule has 3 heterocycles. The average Bonchev–Trinajstić information content (AvgIpc) is 3.59. The van der Waals surface area contributed by atoms with Crippen LogP contribution in [0.2, 0.25) is 10.0 Å². The summed E-state index contributed by atoms with van der Waals surface area (Å²) in [7, 11) is 0. The van der Waals surface area contributed by atoms with E-state index in [0.717, 1.165) is 12.0 Å². The van der Waals surface area contributed by atoms with Gasteiger partial charge in [0.1, 0.15) is 28.9 Å². The summed E-state index contributed by atoms with van der Waals surface area (Å²) in [6.45, 7) is -0.0231. The first-order valence-corrected chi connectivity index (χ1v) is 13.1. The van der Waals surface area contributed by atoms with E-state index in [4.69, 9.17) is 27.9 Å². The van der Waals surface area contributed by atoms with Gasteiger partial charge in [0.05, 0.1) is 16.1 Å². The zero-order valence-electron chi connectivity index (χ0n) is 19.0. The summed E-state index contributed by atoms with van der Waals surface area (Å²) >= 11 is 13.5. The Hall–Kier alpha value is -2.85. The maximum atomic E-state index is 13.5. The number of ketones is 1. The Balaban J connectivity index is 1.38. The van der Waals surface area contributed by atoms with Gasteiger partial charge in [-0.2, -0.15) is 0 Å². The highest BCUT2D eigenvalue weighted by molar-refractivity contribution is 7.13. The molecule has 0 spiro atoms. The summed E-state index contributed by atoms with van der Waals surface area (Å²) in [6, 6.07) is 7.69. The van der Waals surface area contributed by atoms with E-state index in [0.29, 0.717) is 33.5 Å². The van der Waals surface area contributed by atoms with Crippen molar-refractivity contribution in [2.45, 2.75) is 43.4 Å². The van der Waals surface area contributed by atoms with Gasteiger partial charge in [0.25, 0.3) is 5.91 Å². The molecule has 8 nitrogen and oxygen atoms in total. The van der Waals surface area contributed by atoms with E-state index in [-0.39, 0.29) is 30.6 Å². The van der Waals surface area contributed by atoms with E-state index >= 15 is 0 Å². The van der Waals surface area contributed by atoms with Crippen LogP contribution in [-0.4, -0.2) is 51.9 Å². The first kappa shape index (κ1) is 24.8. The predicted octanol–water partition coefficient (Wildman–Crippen LogP) is 3.86. The van der Waals surface area contributed by atoms with Crippen molar-refractivity contribution in [3.05, 3.63) is 69.4 Å². The van der Waals surface area contributed by atoms with Crippen LogP contribution in [0.1, 0.15) is 35.3 Å². The molecule has 2 aliphatic rings. The molecule has 1 aromatic carbocycles. The zero-order valence-corrected chi connectivity index (χ0v) is 21.3. The number of carbonyl (C=O) groups excluding carboxylic acids is 3. The van der Waals surface area contributed by atoms with Crippen molar-refractivity contribution in [3.8, 4) is 10.6 Å². The number of pyridine rings is 1. The smallest absolute Gasteiger partial charge is 0.271 e. The maximum Gasteiger partial charge on any atom is 0.271 e. The number of benzene rings is 1. The Morgan fingerprint density at radius 1 is 1.25 bits per heavy atom. The van der Waals surface area contributed by atoms with E-state index < -0.39 is 23.4 Å². The molecule has 2 amide bonds. The summed E-state index contributed by atoms with van der Waals surface area (Å²) in [4.78, 5) is 47.8. The molecule has 3 aromatic rings. The molecule has 186 valence electrons. The topological polar surface area (TPSA) is 110 Å². The van der Waals surface area contributed by atoms with E-state index in [1.165, 1.54) is 11.3 Å². The molecule has 1 aliphatic heterocycles. The van der Waals surface area contributed by atoms with Gasteiger partial charge in [-0.05, 0) is 49.1 Å². The molecule has 1 saturated heterocycles. The van der Waals surface area contributed by atoms with Gasteiger partial charge in [-0.1, -0.05) is 29.3 Å². The number of hydrogen-bond acceptors (Lipinski definition) is 7. The number of amides is 2. The Morgan fingerprint density at radius 3 is 2.89 bits per heavy atom. The van der Waals surface area contributed by atoms with Gasteiger partial charge in [0, 0.05) is 29.8 Å². The van der Waals surface area contributed by atoms with Crippen LogP contribution in [0.15, 0.2) is 48.1 Å². The molecule has 0 radical (unpaired) electrons. The van der Waals surface area contributed by atoms with Crippen LogP contribution < -0.4 is 10.6 Å². The van der Waals surface area contributed by atoms with Crippen LogP contribution in [0, 0.1) is 0 Å². The third kappa shape index (κ3) is 4.88. The molecule has 11 heteroatoms. The minimum Gasteiger partial charge on any atom is -0.367 e. The number of Topliss-reactive ketones (excluding diaryl/α,β-unsaturated/α-hetero) is 1. The molecule has 1 aliphatic carbocycles. The van der Waals surface area contributed by atoms with Crippen LogP contribution in [0.3, 0.4) is 0 Å². The van der Waals surface area contributed by atoms with E-state index in [9.17, 15) is 14.4 Å². The molecular weight excluding hydrogens is 523 g/mol. The van der Waals surface area contributed by atoms with Gasteiger partial charge in [-0.3, -0.25) is 19.4 Å². The zero-order chi connectivity index (χ0) is 25.3. The Bertz CT molecular complexity index is 1320. The molecule has 36 heavy (non-hydrogen) atoms. The van der Waals surface area contributed by atoms with Crippen LogP contribution in [-0.2, 0) is 20.7 Å². The second-order valence-corrected chi connectivity index (χ2v) is 10.5. The maximum absolute atomic E-state index is 13.5. The van der Waals surface area contributed by atoms with Gasteiger partial charge in [-0.25, -0.2) is 4.98 Å². The fraction of sp³-hybridized carbons (Fsp3) is 0.320. The lowest BCUT2D eigenvalue weighted by atomic mass is 9.91. The van der Waals surface area contributed by atoms with Crippen molar-refractivity contribution < 1.29 is 19.1 Å². The second-order valence-electron chi connectivity index (χ2n) is 8.83. The van der Waals surface area contributed by atoms with Crippen molar-refractivity contribution in [1.82, 2.24) is 20.6 Å². The Labute approximate surface area is 221 Å². The highest BCUT2D eigenvalue weighted by atomic mass is 35.5. The molecule has 2 N–H and O–H groups in total. The number of halogens is 2. The van der Waals surface area contributed by atoms with Crippen LogP contribution in [0.25, 0.3) is 10.6 Å². The van der Waals surface area contributed by atoms with Crippen molar-refractivity contribution in [3.63, 3.8) is 0 Å². The molecule has 3 unspecified atom stereocenters. The Morgan fingerprint density at radius 2 is 2.11 bits per heavy atom. The highest BCUT2D eigenvalue weighted by Crippen LogP contribution is 2.38. The molecule has 5 rings (SSSR count). The summed E-state index contributed by atoms with van der Waals surface area (Å²) in [5.41, 5.74) is 0.626. The lowest BCUT2D eigenvalue weighted by Crippen LogP contribution is -2.60. The number of thiazole rings is 1. The third-order valence-corrected chi connectivity index (χ3v) is 8.17. The largest absolute Gasteiger partial charge is 0.367 e. The van der Waals surface area contributed by atoms with E-state index in [1.54, 1.807) is 42.0 Å². The summed E-state index contributed by atoms with van der Waals surface area (Å²) in [5, 5.41) is 8.72. The van der Waals surface area contributed by atoms with Crippen LogP contribution in [0.4, 0.5) is 0 Å². The number of aromatic nitrogens is 2. The molecule has 0 bridgehead atoms. The van der Waals surface area contributed by atoms with Gasteiger partial charge in [0.15, 0.2) is 5.78 Å². The minimum absolute atomic E-state index is 0.0231. The first-order chi connectivity index (χ1) is 17.4. The van der Waals surface area contributed by atoms with Gasteiger partial charge in [-0.15, -0.1) is 11.3 Å². The number of ether oxygens (including phenoxy) is 1. The standard InChI is InChI=1S/C25H22Cl2N4O4S/c26-16-6-5-14(9-17(16)27)10-18(23(34)31-25-7-1-4-21(25)35-12-20(25)32)29-22(33)19-13-36-24(30-19)15-3-2-8-28-11-15/h2-3,5-6,8-9,11,13,18,21H,1,4,7,10,12H2,(H,29,33)(H,31,34). The van der Waals surface area contributed by atoms with Crippen LogP contribution in [0.5, 0.6) is 0 Å². The van der Waals surface area contributed by atoms with Crippen molar-refractivity contribution in [1.29, 1.82) is 0 Å². The fourth-order valence-corrected chi connectivity index (χ4v) is 5.80. The van der Waals surface area contributed by atoms with E-state index in [1.807, 2.05) is 6.07 Å². The molecule has 3 atom stereocenters. The van der Waals surface area contributed by atoms with E-state index in [2.05, 4.69) is 20.6 Å². The molecule has 2 fully saturated rings. The number of nitrogens with zero attached hydrogens (tertiary/aromatic N) is 2. The van der Waals surface area contributed by atoms with Crippen molar-refractivity contribution in [2.24, 2.45) is 0 Å². The van der Waals surface area contributed by atoms with Crippen molar-refractivity contribution >= 4 is 52.1 Å². The van der Waals surface area contributed by atoms with Gasteiger partial charge < -0.3 is 15.4 Å². The number of fused-ring (bicyclic) bond motifs is 1. The monoisotopic (exact) mass is 544 g/mol. The first-order valence-electron chi connectivity index (χ1n) is 11.4. The summed E-state index contributed by atoms with van der Waals surface area (Å²) < 4.78 is 5.62. The normalized spacial score (nSPS) is 21.7. The Kier molecular flexibility index (Phi) is 7.07. The number of carbonyl (C=O) groups is 3. The lowest BCUT2D eigenvalue weighted by Gasteiger charge is -2.30. The van der Waals surface area contributed by atoms with Crippen LogP contribution >= 0.6 is 34.5 Å². The fourth-order valence-electron chi connectivity index (χ4n) is 4.69. The van der Waals surface area contributed by atoms with Crippen molar-refractivity contribution in [2.75, 3.05) is 6.61 Å². The number of hydrogen-bond donors (Lipinski definition) is 2. The van der Waals surface area contributed by atoms with Gasteiger partial charge in [0.2, 0.25) is 5.91 Å². The summed E-state index contributed by atoms with van der Waals surface area (Å²) in [6.07, 6.45) is 5.10. The molecule has 2 aromatic heterocycles. The minimum atomic E-state index is -1.05. The predicted molar refractivity (Wildman–Crippen MR) is 136 cm³/mol. The average molecular weight is 545 g/mol. The number of nitrogens with one attached hydrogen (secondary N) is 2. The van der Waals surface area contributed by atoms with Gasteiger partial charge >= 0.3 is 0 Å². The number of rotatable bonds is 7. The second kappa shape index (κ2) is 10.3. The molecular formula is C25H22Cl2N4O4S. The SMILES string of the molecule is O=C(NC(Cc1ccc(Cl)c(Cl)c1)C(=O)NC12CCCC1OCC2=O)c1csc(-c2cccnc2)n1. The molecule has 1 saturated carbocycles. The quantitative estimate of drug-likeness (QED) is 0.467.